The van der Waals surface area contributed by atoms with E-state index in [2.05, 4.69) is 15.3 Å². The van der Waals surface area contributed by atoms with Gasteiger partial charge in [0.05, 0.1) is 41.7 Å². The number of hydrogen-bond donors (Lipinski definition) is 4. The number of nitrogens with zero attached hydrogens (tertiary/aromatic N) is 2. The topological polar surface area (TPSA) is 163 Å². The molecule has 49 heavy (non-hydrogen) atoms. The Hall–Kier alpha value is -3.70. The molecule has 0 aliphatic carbocycles. The minimum Gasteiger partial charge on any atom is -0.494 e. The molecule has 5 atom stereocenters. The summed E-state index contributed by atoms with van der Waals surface area (Å²) in [6.07, 6.45) is -6.87. The number of fused-ring (bicyclic) bond motifs is 2. The fourth-order valence-electron chi connectivity index (χ4n) is 6.16. The summed E-state index contributed by atoms with van der Waals surface area (Å²) in [4.78, 5) is 19.1. The summed E-state index contributed by atoms with van der Waals surface area (Å²) in [5, 5.41) is 25.0. The zero-order valence-corrected chi connectivity index (χ0v) is 28.1. The van der Waals surface area contributed by atoms with Gasteiger partial charge in [-0.05, 0) is 49.4 Å². The number of nitrogens with one attached hydrogen (secondary N) is 2. The lowest BCUT2D eigenvalue weighted by molar-refractivity contribution is -0.118. The number of sulfonamides is 1. The second-order valence-electron chi connectivity index (χ2n) is 12.8. The van der Waals surface area contributed by atoms with E-state index in [0.717, 1.165) is 9.87 Å². The summed E-state index contributed by atoms with van der Waals surface area (Å²) in [6, 6.07) is 12.1. The minimum atomic E-state index is -4.57. The molecule has 5 rings (SSSR count). The van der Waals surface area contributed by atoms with Gasteiger partial charge < -0.3 is 34.7 Å². The predicted molar refractivity (Wildman–Crippen MR) is 174 cm³/mol. The van der Waals surface area contributed by atoms with Gasteiger partial charge in [-0.25, -0.2) is 13.2 Å². The maximum absolute atomic E-state index is 14.2. The number of benzene rings is 2. The summed E-state index contributed by atoms with van der Waals surface area (Å²) in [6.45, 7) is 3.70. The average molecular weight is 711 g/mol. The molecule has 3 aromatic rings. The van der Waals surface area contributed by atoms with Crippen LogP contribution in [0, 0.1) is 11.8 Å². The molecule has 1 aromatic heterocycles. The number of aliphatic hydroxyl groups excluding tert-OH is 1. The summed E-state index contributed by atoms with van der Waals surface area (Å²) >= 11 is 0. The lowest BCUT2D eigenvalue weighted by Gasteiger charge is -2.31. The van der Waals surface area contributed by atoms with Gasteiger partial charge in [-0.3, -0.25) is 4.99 Å². The number of H-pyrrole nitrogens is 1. The van der Waals surface area contributed by atoms with Crippen LogP contribution in [0.5, 0.6) is 5.88 Å². The van der Waals surface area contributed by atoms with E-state index in [-0.39, 0.29) is 58.5 Å². The van der Waals surface area contributed by atoms with Gasteiger partial charge in [0.25, 0.3) is 0 Å². The fourth-order valence-corrected chi connectivity index (χ4v) is 7.80. The number of rotatable bonds is 13. The maximum Gasteiger partial charge on any atom is 0.407 e. The quantitative estimate of drug-likeness (QED) is 0.190. The van der Waals surface area contributed by atoms with E-state index < -0.39 is 65.8 Å². The SMILES string of the molecule is CC(=NCC(F)(F)F)c1c(O)[nH]c2ccc(S(=O)(=O)N(CC(C)C)C[C@@H](O)[C@H](Cc3ccccc3)NC(=O)O[C@H]3CO[C@H]4OCC[C@H]43)cc12. The highest BCUT2D eigenvalue weighted by Gasteiger charge is 2.44. The number of carbonyl (C=O) groups excluding carboxylic acids is 1. The van der Waals surface area contributed by atoms with E-state index in [1.54, 1.807) is 0 Å². The number of ether oxygens (including phenoxy) is 3. The number of aromatic hydroxyl groups is 1. The van der Waals surface area contributed by atoms with Gasteiger partial charge in [-0.2, -0.15) is 17.5 Å². The number of halogens is 3. The number of aromatic amines is 1. The van der Waals surface area contributed by atoms with Gasteiger partial charge >= 0.3 is 12.3 Å². The normalized spacial score (nSPS) is 21.3. The summed E-state index contributed by atoms with van der Waals surface area (Å²) in [5.74, 6) is -0.734. The van der Waals surface area contributed by atoms with E-state index >= 15 is 0 Å². The zero-order valence-electron chi connectivity index (χ0n) is 27.3. The number of hydrogen-bond acceptors (Lipinski definition) is 9. The fraction of sp³-hybridized carbons (Fsp3) is 0.515. The molecule has 0 bridgehead atoms. The summed E-state index contributed by atoms with van der Waals surface area (Å²) < 4.78 is 84.7. The molecule has 2 aliphatic rings. The molecule has 0 saturated carbocycles. The Kier molecular flexibility index (Phi) is 11.2. The van der Waals surface area contributed by atoms with E-state index in [4.69, 9.17) is 14.2 Å². The molecule has 0 radical (unpaired) electrons. The van der Waals surface area contributed by atoms with Gasteiger partial charge in [-0.1, -0.05) is 44.2 Å². The van der Waals surface area contributed by atoms with E-state index in [1.807, 2.05) is 44.2 Å². The lowest BCUT2D eigenvalue weighted by atomic mass is 10.0. The summed E-state index contributed by atoms with van der Waals surface area (Å²) in [5.41, 5.74) is 0.885. The molecule has 2 aliphatic heterocycles. The van der Waals surface area contributed by atoms with Crippen molar-refractivity contribution in [2.24, 2.45) is 16.8 Å². The Balaban J connectivity index is 1.40. The third kappa shape index (κ3) is 8.91. The van der Waals surface area contributed by atoms with Crippen molar-refractivity contribution in [2.75, 3.05) is 32.8 Å². The molecule has 0 unspecified atom stereocenters. The Morgan fingerprint density at radius 3 is 2.59 bits per heavy atom. The Morgan fingerprint density at radius 1 is 1.16 bits per heavy atom. The highest BCUT2D eigenvalue weighted by molar-refractivity contribution is 7.89. The first-order valence-electron chi connectivity index (χ1n) is 16.0. The van der Waals surface area contributed by atoms with Crippen LogP contribution in [0.3, 0.4) is 0 Å². The highest BCUT2D eigenvalue weighted by atomic mass is 32.2. The van der Waals surface area contributed by atoms with Crippen molar-refractivity contribution >= 4 is 32.7 Å². The standard InChI is InChI=1S/C33H41F3N4O8S/c1-19(2)15-40(49(44,45)22-9-10-25-24(14-22)29(30(42)38-25)20(3)37-18-33(34,35)36)16-27(41)26(13-21-7-5-4-6-8-21)39-32(43)48-28-17-47-31-23(28)11-12-46-31/h4-10,14,19,23,26-28,31,38,41-42H,11-13,15-18H2,1-3H3,(H,39,43)/t23-,26-,27+,28-,31+/m0/s1. The smallest absolute Gasteiger partial charge is 0.407 e. The largest absolute Gasteiger partial charge is 0.494 e. The number of amides is 1. The van der Waals surface area contributed by atoms with Crippen LogP contribution in [-0.2, 0) is 30.7 Å². The Labute approximate surface area is 282 Å². The molecular formula is C33H41F3N4O8S. The van der Waals surface area contributed by atoms with Crippen LogP contribution in [0.2, 0.25) is 0 Å². The van der Waals surface area contributed by atoms with Crippen LogP contribution in [0.15, 0.2) is 58.4 Å². The maximum atomic E-state index is 14.2. The number of alkyl halides is 3. The monoisotopic (exact) mass is 710 g/mol. The molecule has 2 saturated heterocycles. The molecule has 16 heteroatoms. The van der Waals surface area contributed by atoms with Gasteiger partial charge in [0.1, 0.15) is 12.6 Å². The van der Waals surface area contributed by atoms with Crippen molar-refractivity contribution in [1.82, 2.24) is 14.6 Å². The molecule has 12 nitrogen and oxygen atoms in total. The Bertz CT molecular complexity index is 1750. The van der Waals surface area contributed by atoms with Gasteiger partial charge in [0, 0.05) is 29.7 Å². The lowest BCUT2D eigenvalue weighted by Crippen LogP contribution is -2.51. The second kappa shape index (κ2) is 15.0. The third-order valence-corrected chi connectivity index (χ3v) is 10.3. The molecule has 1 amide bonds. The Morgan fingerprint density at radius 2 is 1.90 bits per heavy atom. The second-order valence-corrected chi connectivity index (χ2v) is 14.7. The van der Waals surface area contributed by atoms with Gasteiger partial charge in [-0.15, -0.1) is 0 Å². The van der Waals surface area contributed by atoms with E-state index in [1.165, 1.54) is 25.1 Å². The zero-order chi connectivity index (χ0) is 35.5. The number of carbonyl (C=O) groups is 1. The minimum absolute atomic E-state index is 0.000270. The van der Waals surface area contributed by atoms with Crippen molar-refractivity contribution < 1.29 is 50.8 Å². The number of aromatic nitrogens is 1. The first-order valence-corrected chi connectivity index (χ1v) is 17.4. The van der Waals surface area contributed by atoms with Crippen LogP contribution >= 0.6 is 0 Å². The van der Waals surface area contributed by atoms with Crippen LogP contribution in [0.25, 0.3) is 10.9 Å². The van der Waals surface area contributed by atoms with Crippen molar-refractivity contribution in [3.05, 3.63) is 59.7 Å². The molecule has 3 heterocycles. The van der Waals surface area contributed by atoms with Crippen molar-refractivity contribution in [1.29, 1.82) is 0 Å². The first-order chi connectivity index (χ1) is 23.1. The van der Waals surface area contributed by atoms with Gasteiger partial charge in [0.2, 0.25) is 10.0 Å². The highest BCUT2D eigenvalue weighted by Crippen LogP contribution is 2.34. The van der Waals surface area contributed by atoms with Gasteiger partial charge in [0.15, 0.2) is 12.2 Å². The molecule has 4 N–H and O–H groups in total. The van der Waals surface area contributed by atoms with Crippen LogP contribution in [-0.4, -0.2) is 103 Å². The number of aliphatic hydroxyl groups is 1. The number of aliphatic imine (C=N–C) groups is 1. The van der Waals surface area contributed by atoms with Crippen molar-refractivity contribution in [2.45, 2.75) is 69.2 Å². The van der Waals surface area contributed by atoms with Crippen molar-refractivity contribution in [3.8, 4) is 5.88 Å². The molecular weight excluding hydrogens is 669 g/mol. The van der Waals surface area contributed by atoms with Crippen LogP contribution in [0.1, 0.15) is 38.3 Å². The van der Waals surface area contributed by atoms with Crippen molar-refractivity contribution in [3.63, 3.8) is 0 Å². The first kappa shape index (κ1) is 36.6. The van der Waals surface area contributed by atoms with Crippen LogP contribution < -0.4 is 5.32 Å². The van der Waals surface area contributed by atoms with E-state index in [9.17, 15) is 36.6 Å². The van der Waals surface area contributed by atoms with E-state index in [0.29, 0.717) is 13.0 Å². The predicted octanol–water partition coefficient (Wildman–Crippen LogP) is 4.35. The molecule has 2 fully saturated rings. The molecule has 0 spiro atoms. The van der Waals surface area contributed by atoms with Crippen LogP contribution in [0.4, 0.5) is 18.0 Å². The molecule has 2 aromatic carbocycles. The average Bonchev–Trinajstić information content (AvgIpc) is 3.74. The summed E-state index contributed by atoms with van der Waals surface area (Å²) in [7, 11) is -4.33. The third-order valence-electron chi connectivity index (χ3n) is 8.51. The number of alkyl carbamates (subject to hydrolysis) is 1. The molecule has 268 valence electrons.